The summed E-state index contributed by atoms with van der Waals surface area (Å²) in [6, 6.07) is 9.63. The SMILES string of the molecule is Nc1ccc(Cl)c(N2C(=O)c3ccc(Br)cc3C2=O)c1. The predicted molar refractivity (Wildman–Crippen MR) is 81.1 cm³/mol. The zero-order chi connectivity index (χ0) is 14.4. The molecule has 2 aromatic carbocycles. The molecule has 0 fully saturated rings. The maximum absolute atomic E-state index is 12.4. The average molecular weight is 352 g/mol. The van der Waals surface area contributed by atoms with Crippen molar-refractivity contribution in [1.82, 2.24) is 0 Å². The summed E-state index contributed by atoms with van der Waals surface area (Å²) in [5.74, 6) is -0.802. The van der Waals surface area contributed by atoms with Crippen LogP contribution < -0.4 is 10.6 Å². The van der Waals surface area contributed by atoms with Crippen molar-refractivity contribution in [2.45, 2.75) is 0 Å². The molecular formula is C14H8BrClN2O2. The van der Waals surface area contributed by atoms with E-state index in [0.29, 0.717) is 27.5 Å². The summed E-state index contributed by atoms with van der Waals surface area (Å²) in [5, 5.41) is 0.299. The van der Waals surface area contributed by atoms with Gasteiger partial charge in [-0.15, -0.1) is 0 Å². The minimum atomic E-state index is -0.404. The van der Waals surface area contributed by atoms with Crippen LogP contribution in [0, 0.1) is 0 Å². The van der Waals surface area contributed by atoms with Gasteiger partial charge in [0.05, 0.1) is 21.8 Å². The summed E-state index contributed by atoms with van der Waals surface area (Å²) < 4.78 is 0.734. The highest BCUT2D eigenvalue weighted by atomic mass is 79.9. The number of nitrogens with two attached hydrogens (primary N) is 1. The molecule has 0 spiro atoms. The van der Waals surface area contributed by atoms with E-state index in [-0.39, 0.29) is 0 Å². The van der Waals surface area contributed by atoms with E-state index in [1.165, 1.54) is 6.07 Å². The monoisotopic (exact) mass is 350 g/mol. The van der Waals surface area contributed by atoms with Gasteiger partial charge in [0.2, 0.25) is 0 Å². The summed E-state index contributed by atoms with van der Waals surface area (Å²) in [5.41, 5.74) is 7.14. The molecule has 1 heterocycles. The number of hydrogen-bond donors (Lipinski definition) is 1. The lowest BCUT2D eigenvalue weighted by atomic mass is 10.1. The molecule has 0 saturated carbocycles. The maximum Gasteiger partial charge on any atom is 0.266 e. The van der Waals surface area contributed by atoms with Gasteiger partial charge in [0, 0.05) is 10.2 Å². The molecule has 3 rings (SSSR count). The Labute approximate surface area is 128 Å². The standard InChI is InChI=1S/C14H8BrClN2O2/c15-7-1-3-9-10(5-7)14(20)18(13(9)19)12-6-8(17)2-4-11(12)16/h1-6H,17H2. The van der Waals surface area contributed by atoms with Gasteiger partial charge in [0.25, 0.3) is 11.8 Å². The molecular weight excluding hydrogens is 344 g/mol. The van der Waals surface area contributed by atoms with Gasteiger partial charge in [-0.1, -0.05) is 27.5 Å². The lowest BCUT2D eigenvalue weighted by Gasteiger charge is -2.15. The second-order valence-electron chi connectivity index (χ2n) is 4.35. The van der Waals surface area contributed by atoms with Gasteiger partial charge in [0.15, 0.2) is 0 Å². The van der Waals surface area contributed by atoms with E-state index >= 15 is 0 Å². The first-order chi connectivity index (χ1) is 9.49. The minimum absolute atomic E-state index is 0.299. The third-order valence-corrected chi connectivity index (χ3v) is 3.87. The van der Waals surface area contributed by atoms with Gasteiger partial charge < -0.3 is 5.73 Å². The lowest BCUT2D eigenvalue weighted by molar-refractivity contribution is 0.0926. The first kappa shape index (κ1) is 13.1. The Balaban J connectivity index is 2.16. The topological polar surface area (TPSA) is 63.4 Å². The molecule has 4 nitrogen and oxygen atoms in total. The quantitative estimate of drug-likeness (QED) is 0.632. The van der Waals surface area contributed by atoms with Crippen LogP contribution in [0.2, 0.25) is 5.02 Å². The average Bonchev–Trinajstić information content (AvgIpc) is 2.65. The largest absolute Gasteiger partial charge is 0.399 e. The molecule has 0 aliphatic carbocycles. The molecule has 20 heavy (non-hydrogen) atoms. The van der Waals surface area contributed by atoms with Crippen LogP contribution in [-0.4, -0.2) is 11.8 Å². The van der Waals surface area contributed by atoms with Gasteiger partial charge >= 0.3 is 0 Å². The van der Waals surface area contributed by atoms with Crippen LogP contribution >= 0.6 is 27.5 Å². The van der Waals surface area contributed by atoms with Gasteiger partial charge in [-0.25, -0.2) is 4.90 Å². The van der Waals surface area contributed by atoms with Crippen LogP contribution in [0.3, 0.4) is 0 Å². The molecule has 1 aliphatic rings. The fraction of sp³-hybridized carbons (Fsp3) is 0. The van der Waals surface area contributed by atoms with E-state index in [4.69, 9.17) is 17.3 Å². The molecule has 2 aromatic rings. The molecule has 0 bridgehead atoms. The van der Waals surface area contributed by atoms with E-state index in [1.807, 2.05) is 0 Å². The zero-order valence-electron chi connectivity index (χ0n) is 10.1. The highest BCUT2D eigenvalue weighted by molar-refractivity contribution is 9.10. The van der Waals surface area contributed by atoms with Crippen LogP contribution in [-0.2, 0) is 0 Å². The number of imide groups is 1. The van der Waals surface area contributed by atoms with Crippen molar-refractivity contribution in [3.63, 3.8) is 0 Å². The van der Waals surface area contributed by atoms with Crippen LogP contribution in [0.15, 0.2) is 40.9 Å². The molecule has 0 radical (unpaired) electrons. The van der Waals surface area contributed by atoms with Crippen molar-refractivity contribution in [2.75, 3.05) is 10.6 Å². The van der Waals surface area contributed by atoms with Gasteiger partial charge in [-0.3, -0.25) is 9.59 Å². The van der Waals surface area contributed by atoms with E-state index in [9.17, 15) is 9.59 Å². The molecule has 0 aromatic heterocycles. The molecule has 1 aliphatic heterocycles. The Hall–Kier alpha value is -1.85. The van der Waals surface area contributed by atoms with Crippen molar-refractivity contribution < 1.29 is 9.59 Å². The number of anilines is 2. The van der Waals surface area contributed by atoms with Crippen molar-refractivity contribution in [1.29, 1.82) is 0 Å². The molecule has 6 heteroatoms. The van der Waals surface area contributed by atoms with E-state index in [0.717, 1.165) is 9.37 Å². The zero-order valence-corrected chi connectivity index (χ0v) is 12.4. The summed E-state index contributed by atoms with van der Waals surface area (Å²) >= 11 is 9.36. The number of carbonyl (C=O) groups excluding carboxylic acids is 2. The second kappa shape index (κ2) is 4.61. The number of nitrogen functional groups attached to an aromatic ring is 1. The number of amides is 2. The van der Waals surface area contributed by atoms with Crippen molar-refractivity contribution in [3.8, 4) is 0 Å². The number of carbonyl (C=O) groups is 2. The summed E-state index contributed by atoms with van der Waals surface area (Å²) in [6.07, 6.45) is 0. The predicted octanol–water partition coefficient (Wildman–Crippen LogP) is 3.49. The third-order valence-electron chi connectivity index (χ3n) is 3.06. The third kappa shape index (κ3) is 1.90. The first-order valence-corrected chi connectivity index (χ1v) is 6.89. The second-order valence-corrected chi connectivity index (χ2v) is 5.67. The molecule has 100 valence electrons. The highest BCUT2D eigenvalue weighted by Crippen LogP contribution is 2.35. The lowest BCUT2D eigenvalue weighted by Crippen LogP contribution is -2.29. The number of halogens is 2. The summed E-state index contributed by atoms with van der Waals surface area (Å²) in [7, 11) is 0. The Morgan fingerprint density at radius 2 is 1.70 bits per heavy atom. The van der Waals surface area contributed by atoms with Gasteiger partial charge in [-0.05, 0) is 36.4 Å². The molecule has 0 unspecified atom stereocenters. The molecule has 2 N–H and O–H groups in total. The molecule has 0 atom stereocenters. The molecule has 2 amide bonds. The highest BCUT2D eigenvalue weighted by Gasteiger charge is 2.37. The fourth-order valence-electron chi connectivity index (χ4n) is 2.13. The number of rotatable bonds is 1. The smallest absolute Gasteiger partial charge is 0.266 e. The van der Waals surface area contributed by atoms with E-state index < -0.39 is 11.8 Å². The van der Waals surface area contributed by atoms with Gasteiger partial charge in [0.1, 0.15) is 0 Å². The minimum Gasteiger partial charge on any atom is -0.399 e. The Bertz CT molecular complexity index is 761. The number of nitrogens with zero attached hydrogens (tertiary/aromatic N) is 1. The Kier molecular flexibility index (Phi) is 3.03. The first-order valence-electron chi connectivity index (χ1n) is 5.72. The van der Waals surface area contributed by atoms with Crippen LogP contribution in [0.1, 0.15) is 20.7 Å². The Morgan fingerprint density at radius 3 is 2.45 bits per heavy atom. The number of fused-ring (bicyclic) bond motifs is 1. The van der Waals surface area contributed by atoms with Crippen molar-refractivity contribution >= 4 is 50.7 Å². The van der Waals surface area contributed by atoms with E-state index in [2.05, 4.69) is 15.9 Å². The maximum atomic E-state index is 12.4. The fourth-order valence-corrected chi connectivity index (χ4v) is 2.70. The van der Waals surface area contributed by atoms with Crippen molar-refractivity contribution in [2.24, 2.45) is 0 Å². The number of hydrogen-bond acceptors (Lipinski definition) is 3. The normalized spacial score (nSPS) is 13.8. The van der Waals surface area contributed by atoms with Crippen molar-refractivity contribution in [3.05, 3.63) is 57.0 Å². The number of benzene rings is 2. The summed E-state index contributed by atoms with van der Waals surface area (Å²) in [4.78, 5) is 25.8. The van der Waals surface area contributed by atoms with Crippen LogP contribution in [0.4, 0.5) is 11.4 Å². The van der Waals surface area contributed by atoms with E-state index in [1.54, 1.807) is 30.3 Å². The summed E-state index contributed by atoms with van der Waals surface area (Å²) in [6.45, 7) is 0. The van der Waals surface area contributed by atoms with Gasteiger partial charge in [-0.2, -0.15) is 0 Å². The van der Waals surface area contributed by atoms with Crippen LogP contribution in [0.25, 0.3) is 0 Å². The van der Waals surface area contributed by atoms with Crippen LogP contribution in [0.5, 0.6) is 0 Å². The Morgan fingerprint density at radius 1 is 1.00 bits per heavy atom. The molecule has 0 saturated heterocycles.